The third-order valence-corrected chi connectivity index (χ3v) is 4.66. The topological polar surface area (TPSA) is 84.2 Å². The molecule has 0 aliphatic carbocycles. The van der Waals surface area contributed by atoms with Crippen LogP contribution in [0, 0.1) is 12.3 Å². The van der Waals surface area contributed by atoms with E-state index in [1.165, 1.54) is 0 Å². The number of aromatic nitrogens is 1. The van der Waals surface area contributed by atoms with Crippen LogP contribution in [0.2, 0.25) is 0 Å². The fraction of sp³-hybridized carbons (Fsp3) is 0.320. The van der Waals surface area contributed by atoms with Crippen LogP contribution in [0.3, 0.4) is 0 Å². The standard InChI is InChI=1S/C25H29N3O3/c1-17-21(16-26-23(30)15-25(2,3)4)28-24(31-17)19-10-12-20(13-11-19)27-22(29)14-18-8-6-5-7-9-18/h5-13H,14-16H2,1-4H3,(H,26,30)(H,27,29). The maximum Gasteiger partial charge on any atom is 0.228 e. The Bertz CT molecular complexity index is 1030. The first-order valence-corrected chi connectivity index (χ1v) is 10.4. The van der Waals surface area contributed by atoms with Gasteiger partial charge in [0, 0.05) is 17.7 Å². The lowest BCUT2D eigenvalue weighted by molar-refractivity contribution is -0.123. The van der Waals surface area contributed by atoms with Gasteiger partial charge in [-0.05, 0) is 42.2 Å². The summed E-state index contributed by atoms with van der Waals surface area (Å²) in [5.74, 6) is 1.08. The SMILES string of the molecule is Cc1oc(-c2ccc(NC(=O)Cc3ccccc3)cc2)nc1CNC(=O)CC(C)(C)C. The first-order valence-electron chi connectivity index (χ1n) is 10.4. The van der Waals surface area contributed by atoms with E-state index >= 15 is 0 Å². The largest absolute Gasteiger partial charge is 0.441 e. The van der Waals surface area contributed by atoms with E-state index in [1.54, 1.807) is 0 Å². The molecular formula is C25H29N3O3. The van der Waals surface area contributed by atoms with Crippen molar-refractivity contribution in [2.24, 2.45) is 5.41 Å². The molecule has 0 saturated carbocycles. The fourth-order valence-corrected chi connectivity index (χ4v) is 3.12. The number of hydrogen-bond donors (Lipinski definition) is 2. The number of oxazole rings is 1. The monoisotopic (exact) mass is 419 g/mol. The summed E-state index contributed by atoms with van der Waals surface area (Å²) >= 11 is 0. The van der Waals surface area contributed by atoms with E-state index < -0.39 is 0 Å². The van der Waals surface area contributed by atoms with Gasteiger partial charge in [-0.2, -0.15) is 0 Å². The molecule has 0 bridgehead atoms. The lowest BCUT2D eigenvalue weighted by Gasteiger charge is -2.16. The van der Waals surface area contributed by atoms with E-state index in [-0.39, 0.29) is 17.2 Å². The minimum atomic E-state index is -0.0702. The van der Waals surface area contributed by atoms with Gasteiger partial charge in [0.1, 0.15) is 11.5 Å². The van der Waals surface area contributed by atoms with Crippen LogP contribution in [0.15, 0.2) is 59.0 Å². The van der Waals surface area contributed by atoms with Gasteiger partial charge in [-0.1, -0.05) is 51.1 Å². The minimum absolute atomic E-state index is 0.00736. The van der Waals surface area contributed by atoms with E-state index in [1.807, 2.05) is 82.3 Å². The van der Waals surface area contributed by atoms with Crippen LogP contribution in [-0.2, 0) is 22.6 Å². The fourth-order valence-electron chi connectivity index (χ4n) is 3.12. The molecule has 0 unspecified atom stereocenters. The number of benzene rings is 2. The van der Waals surface area contributed by atoms with Crippen molar-refractivity contribution in [3.8, 4) is 11.5 Å². The molecule has 2 N–H and O–H groups in total. The molecule has 0 saturated heterocycles. The van der Waals surface area contributed by atoms with Crippen LogP contribution in [0.4, 0.5) is 5.69 Å². The van der Waals surface area contributed by atoms with Gasteiger partial charge in [0.25, 0.3) is 0 Å². The van der Waals surface area contributed by atoms with Crippen molar-refractivity contribution >= 4 is 17.5 Å². The van der Waals surface area contributed by atoms with E-state index in [4.69, 9.17) is 4.42 Å². The molecule has 0 radical (unpaired) electrons. The van der Waals surface area contributed by atoms with Crippen molar-refractivity contribution in [1.29, 1.82) is 0 Å². The van der Waals surface area contributed by atoms with Gasteiger partial charge in [-0.15, -0.1) is 0 Å². The first kappa shape index (κ1) is 22.3. The zero-order valence-corrected chi connectivity index (χ0v) is 18.5. The summed E-state index contributed by atoms with van der Waals surface area (Å²) in [6, 6.07) is 17.0. The van der Waals surface area contributed by atoms with Crippen LogP contribution in [0.1, 0.15) is 44.2 Å². The Morgan fingerprint density at radius 2 is 1.65 bits per heavy atom. The number of nitrogens with one attached hydrogen (secondary N) is 2. The van der Waals surface area contributed by atoms with E-state index in [9.17, 15) is 9.59 Å². The lowest BCUT2D eigenvalue weighted by Crippen LogP contribution is -2.27. The van der Waals surface area contributed by atoms with E-state index in [0.29, 0.717) is 42.4 Å². The summed E-state index contributed by atoms with van der Waals surface area (Å²) in [5, 5.41) is 5.80. The number of carbonyl (C=O) groups excluding carboxylic acids is 2. The highest BCUT2D eigenvalue weighted by atomic mass is 16.4. The zero-order valence-electron chi connectivity index (χ0n) is 18.5. The Morgan fingerprint density at radius 1 is 0.968 bits per heavy atom. The molecule has 2 aromatic carbocycles. The smallest absolute Gasteiger partial charge is 0.228 e. The molecule has 31 heavy (non-hydrogen) atoms. The van der Waals surface area contributed by atoms with Gasteiger partial charge in [0.05, 0.1) is 13.0 Å². The second-order valence-corrected chi connectivity index (χ2v) is 8.82. The number of carbonyl (C=O) groups is 2. The third-order valence-electron chi connectivity index (χ3n) is 4.66. The lowest BCUT2D eigenvalue weighted by atomic mass is 9.92. The molecule has 0 aliphatic rings. The van der Waals surface area contributed by atoms with Crippen LogP contribution in [0.25, 0.3) is 11.5 Å². The van der Waals surface area contributed by atoms with Crippen molar-refractivity contribution in [2.75, 3.05) is 5.32 Å². The molecule has 1 aromatic heterocycles. The first-order chi connectivity index (χ1) is 14.7. The van der Waals surface area contributed by atoms with Gasteiger partial charge < -0.3 is 15.1 Å². The van der Waals surface area contributed by atoms with Crippen LogP contribution >= 0.6 is 0 Å². The van der Waals surface area contributed by atoms with Crippen molar-refractivity contribution in [3.05, 3.63) is 71.6 Å². The van der Waals surface area contributed by atoms with Gasteiger partial charge in [0.2, 0.25) is 17.7 Å². The van der Waals surface area contributed by atoms with E-state index in [0.717, 1.165) is 11.1 Å². The highest BCUT2D eigenvalue weighted by Gasteiger charge is 2.17. The third kappa shape index (κ3) is 6.81. The molecule has 0 spiro atoms. The average Bonchev–Trinajstić information content (AvgIpc) is 3.07. The van der Waals surface area contributed by atoms with Gasteiger partial charge in [0.15, 0.2) is 0 Å². The second-order valence-electron chi connectivity index (χ2n) is 8.82. The van der Waals surface area contributed by atoms with Gasteiger partial charge >= 0.3 is 0 Å². The molecule has 6 nitrogen and oxygen atoms in total. The quantitative estimate of drug-likeness (QED) is 0.571. The maximum absolute atomic E-state index is 12.2. The number of aryl methyl sites for hydroxylation is 1. The number of nitrogens with zero attached hydrogens (tertiary/aromatic N) is 1. The molecule has 0 atom stereocenters. The summed E-state index contributed by atoms with van der Waals surface area (Å²) in [4.78, 5) is 28.8. The highest BCUT2D eigenvalue weighted by molar-refractivity contribution is 5.92. The number of rotatable bonds is 7. The summed E-state index contributed by atoms with van der Waals surface area (Å²) in [6.45, 7) is 8.25. The van der Waals surface area contributed by atoms with Crippen molar-refractivity contribution in [1.82, 2.24) is 10.3 Å². The van der Waals surface area contributed by atoms with Crippen LogP contribution in [-0.4, -0.2) is 16.8 Å². The summed E-state index contributed by atoms with van der Waals surface area (Å²) in [5.41, 5.74) is 3.12. The minimum Gasteiger partial charge on any atom is -0.441 e. The number of amides is 2. The molecule has 0 aliphatic heterocycles. The molecule has 0 fully saturated rings. The summed E-state index contributed by atoms with van der Waals surface area (Å²) < 4.78 is 5.78. The molecule has 3 aromatic rings. The number of hydrogen-bond acceptors (Lipinski definition) is 4. The molecule has 1 heterocycles. The average molecular weight is 420 g/mol. The van der Waals surface area contributed by atoms with Crippen LogP contribution < -0.4 is 10.6 Å². The Kier molecular flexibility index (Phi) is 6.90. The normalized spacial score (nSPS) is 11.2. The zero-order chi connectivity index (χ0) is 22.4. The number of anilines is 1. The van der Waals surface area contributed by atoms with Gasteiger partial charge in [-0.3, -0.25) is 9.59 Å². The highest BCUT2D eigenvalue weighted by Crippen LogP contribution is 2.24. The Labute approximate surface area is 183 Å². The van der Waals surface area contributed by atoms with Gasteiger partial charge in [-0.25, -0.2) is 4.98 Å². The molecule has 162 valence electrons. The van der Waals surface area contributed by atoms with Crippen molar-refractivity contribution in [3.63, 3.8) is 0 Å². The maximum atomic E-state index is 12.2. The predicted octanol–water partition coefficient (Wildman–Crippen LogP) is 4.88. The molecule has 2 amide bonds. The Hall–Kier alpha value is -3.41. The molecule has 6 heteroatoms. The summed E-state index contributed by atoms with van der Waals surface area (Å²) in [6.07, 6.45) is 0.778. The predicted molar refractivity (Wildman–Crippen MR) is 121 cm³/mol. The van der Waals surface area contributed by atoms with E-state index in [2.05, 4.69) is 15.6 Å². The Balaban J connectivity index is 1.59. The Morgan fingerprint density at radius 3 is 2.29 bits per heavy atom. The van der Waals surface area contributed by atoms with Crippen molar-refractivity contribution in [2.45, 2.75) is 47.1 Å². The molecule has 3 rings (SSSR count). The van der Waals surface area contributed by atoms with Crippen LogP contribution in [0.5, 0.6) is 0 Å². The van der Waals surface area contributed by atoms with Crippen molar-refractivity contribution < 1.29 is 14.0 Å². The summed E-state index contributed by atoms with van der Waals surface area (Å²) in [7, 11) is 0. The molecular weight excluding hydrogens is 390 g/mol. The second kappa shape index (κ2) is 9.60.